The zero-order valence-electron chi connectivity index (χ0n) is 71.2. The number of piperidine rings is 3. The van der Waals surface area contributed by atoms with Gasteiger partial charge in [0, 0.05) is 33.2 Å². The van der Waals surface area contributed by atoms with Gasteiger partial charge in [0.2, 0.25) is 37.9 Å². The first-order valence-electron chi connectivity index (χ1n) is 41.5. The molecule has 3 aromatic heterocycles. The van der Waals surface area contributed by atoms with Crippen LogP contribution in [0.5, 0.6) is 17.2 Å². The minimum absolute atomic E-state index is 0.0118. The van der Waals surface area contributed by atoms with Crippen LogP contribution in [-0.2, 0) is 20.0 Å². The molecule has 0 unspecified atom stereocenters. The highest BCUT2D eigenvalue weighted by atomic mass is 35.5. The molecule has 4 aliphatic heterocycles. The van der Waals surface area contributed by atoms with E-state index in [1.54, 1.807) is 74.9 Å². The van der Waals surface area contributed by atoms with Gasteiger partial charge in [-0.2, -0.15) is 19.3 Å². The predicted octanol–water partition coefficient (Wildman–Crippen LogP) is 18.9. The summed E-state index contributed by atoms with van der Waals surface area (Å²) in [4.78, 5) is 48.7. The number of rotatable bonds is 27. The van der Waals surface area contributed by atoms with Gasteiger partial charge in [0.1, 0.15) is 42.1 Å². The highest BCUT2D eigenvalue weighted by molar-refractivity contribution is 7.89. The van der Waals surface area contributed by atoms with Crippen molar-refractivity contribution in [2.45, 2.75) is 185 Å². The third kappa shape index (κ3) is 23.3. The van der Waals surface area contributed by atoms with Gasteiger partial charge in [-0.25, -0.2) is 36.5 Å². The van der Waals surface area contributed by atoms with Crippen molar-refractivity contribution in [1.82, 2.24) is 58.5 Å². The molecule has 1 saturated carbocycles. The largest absolute Gasteiger partial charge is 0.489 e. The minimum atomic E-state index is -3.72. The van der Waals surface area contributed by atoms with Crippen LogP contribution in [-0.4, -0.2) is 189 Å². The number of nitrogens with zero attached hydrogens (tertiary/aromatic N) is 11. The SMILES string of the molecule is Cc1cc(Nc2ncc(Cl)c(Nc3ccccc3C(=O)N(C)C)n2)c(OC(C)C)cc1C1CCN(C)CC1.Cc1cc(Nc2ncc(Cl)c(Nc3ccccc3S(=O)(=O)N3CCCC3)n2)c(OC(C)C)cc1C1CCN(C)CC1.Cc1cc(Nc2ncc(Cl)c(Nc3ccccc3S(=O)(=O)NC3CCC3)n2)c(OC(C)C)cc1C1CCN(C)CC1. The van der Waals surface area contributed by atoms with Gasteiger partial charge in [0.05, 0.1) is 76.6 Å². The molecule has 0 radical (unpaired) electrons. The van der Waals surface area contributed by atoms with Crippen molar-refractivity contribution in [1.29, 1.82) is 0 Å². The highest BCUT2D eigenvalue weighted by Crippen LogP contribution is 2.44. The van der Waals surface area contributed by atoms with E-state index in [0.717, 1.165) is 144 Å². The summed E-state index contributed by atoms with van der Waals surface area (Å²) in [6.45, 7) is 26.0. The Morgan fingerprint density at radius 2 is 0.767 bits per heavy atom. The number of amides is 1. The molecule has 642 valence electrons. The molecule has 6 aromatic carbocycles. The number of likely N-dealkylation sites (tertiary alicyclic amines) is 3. The van der Waals surface area contributed by atoms with Gasteiger partial charge in [0.15, 0.2) is 17.5 Å². The Hall–Kier alpha value is -9.20. The average Bonchev–Trinajstić information content (AvgIpc) is 1.35. The van der Waals surface area contributed by atoms with Gasteiger partial charge >= 0.3 is 0 Å². The van der Waals surface area contributed by atoms with Gasteiger partial charge in [-0.15, -0.1) is 0 Å². The van der Waals surface area contributed by atoms with Gasteiger partial charge in [-0.05, 0) is 311 Å². The molecule has 120 heavy (non-hydrogen) atoms. The summed E-state index contributed by atoms with van der Waals surface area (Å²) in [5, 5.41) is 20.3. The van der Waals surface area contributed by atoms with Crippen LogP contribution in [0.25, 0.3) is 0 Å². The molecule has 31 heteroatoms. The number of ether oxygens (including phenoxy) is 3. The Morgan fingerprint density at radius 1 is 0.433 bits per heavy atom. The molecule has 0 spiro atoms. The maximum atomic E-state index is 13.3. The summed E-state index contributed by atoms with van der Waals surface area (Å²) >= 11 is 19.4. The number of aryl methyl sites for hydroxylation is 3. The molecule has 0 bridgehead atoms. The first kappa shape index (κ1) is 90.0. The van der Waals surface area contributed by atoms with Crippen LogP contribution in [0.15, 0.2) is 138 Å². The summed E-state index contributed by atoms with van der Waals surface area (Å²) in [5.74, 6) is 5.64. The number of halogens is 3. The molecule has 1 aliphatic carbocycles. The zero-order chi connectivity index (χ0) is 85.7. The second-order valence-electron chi connectivity index (χ2n) is 32.9. The molecule has 9 aromatic rings. The van der Waals surface area contributed by atoms with E-state index >= 15 is 0 Å². The number of nitrogens with one attached hydrogen (secondary N) is 7. The fourth-order valence-electron chi connectivity index (χ4n) is 15.5. The second-order valence-corrected chi connectivity index (χ2v) is 37.7. The number of para-hydroxylation sites is 3. The van der Waals surface area contributed by atoms with E-state index in [0.29, 0.717) is 93.8 Å². The fraction of sp³-hybridized carbons (Fsp3) is 0.449. The topological polar surface area (TPSA) is 291 Å². The molecular formula is C89H115Cl3N18O8S2. The van der Waals surface area contributed by atoms with E-state index in [1.165, 1.54) is 55.0 Å². The summed E-state index contributed by atoms with van der Waals surface area (Å²) < 4.78 is 75.9. The van der Waals surface area contributed by atoms with Gasteiger partial charge in [0.25, 0.3) is 5.91 Å². The minimum Gasteiger partial charge on any atom is -0.489 e. The molecule has 1 amide bonds. The van der Waals surface area contributed by atoms with Crippen LogP contribution in [0.2, 0.25) is 15.1 Å². The molecular weight excluding hydrogens is 1620 g/mol. The number of hydrogen-bond acceptors (Lipinski definition) is 23. The fourth-order valence-corrected chi connectivity index (χ4v) is 19.1. The molecule has 0 atom stereocenters. The van der Waals surface area contributed by atoms with Crippen molar-refractivity contribution in [3.63, 3.8) is 0 Å². The molecule has 4 saturated heterocycles. The van der Waals surface area contributed by atoms with Crippen LogP contribution in [0.3, 0.4) is 0 Å². The Balaban J connectivity index is 0.000000165. The maximum Gasteiger partial charge on any atom is 0.255 e. The third-order valence-electron chi connectivity index (χ3n) is 22.1. The summed E-state index contributed by atoms with van der Waals surface area (Å²) in [7, 11) is 2.59. The van der Waals surface area contributed by atoms with Gasteiger partial charge < -0.3 is 65.7 Å². The Bertz CT molecular complexity index is 5290. The smallest absolute Gasteiger partial charge is 0.255 e. The lowest BCUT2D eigenvalue weighted by molar-refractivity contribution is 0.0828. The first-order valence-corrected chi connectivity index (χ1v) is 45.6. The monoisotopic (exact) mass is 1730 g/mol. The first-order chi connectivity index (χ1) is 57.3. The summed E-state index contributed by atoms with van der Waals surface area (Å²) in [6.07, 6.45) is 15.7. The van der Waals surface area contributed by atoms with E-state index in [9.17, 15) is 21.6 Å². The Kier molecular flexibility index (Phi) is 30.5. The average molecular weight is 1740 g/mol. The lowest BCUT2D eigenvalue weighted by Crippen LogP contribution is -2.39. The summed E-state index contributed by atoms with van der Waals surface area (Å²) in [6, 6.07) is 33.6. The van der Waals surface area contributed by atoms with E-state index in [1.807, 2.05) is 59.7 Å². The molecule has 7 heterocycles. The third-order valence-corrected chi connectivity index (χ3v) is 26.5. The van der Waals surface area contributed by atoms with Crippen LogP contribution in [0.4, 0.5) is 69.4 Å². The normalized spacial score (nSPS) is 16.2. The van der Waals surface area contributed by atoms with Gasteiger partial charge in [-0.1, -0.05) is 77.6 Å². The highest BCUT2D eigenvalue weighted by Gasteiger charge is 2.33. The number of benzene rings is 6. The number of carbonyl (C=O) groups is 1. The van der Waals surface area contributed by atoms with Crippen LogP contribution < -0.4 is 50.8 Å². The quantitative estimate of drug-likeness (QED) is 0.0252. The van der Waals surface area contributed by atoms with Crippen LogP contribution in [0.1, 0.15) is 174 Å². The lowest BCUT2D eigenvalue weighted by atomic mass is 9.86. The molecule has 14 rings (SSSR count). The molecule has 7 N–H and O–H groups in total. The Labute approximate surface area is 723 Å². The number of anilines is 12. The van der Waals surface area contributed by atoms with Crippen molar-refractivity contribution in [2.24, 2.45) is 0 Å². The molecule has 26 nitrogen and oxygen atoms in total. The van der Waals surface area contributed by atoms with E-state index in [2.05, 4.69) is 160 Å². The van der Waals surface area contributed by atoms with Crippen LogP contribution >= 0.6 is 34.8 Å². The molecule has 5 fully saturated rings. The standard InChI is InChI=1S/2C30H39ClN6O3S.C29H37ClN6O2/c1-19(2)40-27-17-23(21-12-14-37(4)15-13-21)20(3)16-26(27)34-30-32-18-24(31)29(35-30)33-25-10-5-6-11-28(25)41(38,39)36-22-8-7-9-22;1-20(2)40-27-18-23(22-11-15-36(4)16-12-22)21(3)17-26(27)34-30-32-19-24(31)29(35-30)33-25-9-5-6-10-28(25)41(38,39)37-13-7-8-14-37;1-18(2)38-26-16-22(20-11-13-36(6)14-12-20)19(3)15-25(26)33-29-31-17-23(30)27(34-29)32-24-10-8-7-9-21(24)28(37)35(4)5/h5-6,10-11,16-19,21-22,36H,7-9,12-15H2,1-4H3,(H2,32,33,34,35);5-6,9-10,17-20,22H,7-8,11-16H2,1-4H3,(H2,32,33,34,35);7-10,15-18,20H,11-14H2,1-6H3,(H2,31,32,33,34). The van der Waals surface area contributed by atoms with E-state index < -0.39 is 20.0 Å². The van der Waals surface area contributed by atoms with Crippen molar-refractivity contribution >= 4 is 130 Å². The summed E-state index contributed by atoms with van der Waals surface area (Å²) in [5.41, 5.74) is 11.8. The van der Waals surface area contributed by atoms with Crippen LogP contribution in [0, 0.1) is 20.8 Å². The van der Waals surface area contributed by atoms with Crippen molar-refractivity contribution in [3.8, 4) is 17.2 Å². The lowest BCUT2D eigenvalue weighted by Gasteiger charge is -2.30. The van der Waals surface area contributed by atoms with E-state index in [-0.39, 0.29) is 50.1 Å². The zero-order valence-corrected chi connectivity index (χ0v) is 75.1. The number of hydrogen-bond donors (Lipinski definition) is 7. The predicted molar refractivity (Wildman–Crippen MR) is 483 cm³/mol. The Morgan fingerprint density at radius 3 is 1.12 bits per heavy atom. The second kappa shape index (κ2) is 40.7. The number of carbonyl (C=O) groups excluding carboxylic acids is 1. The van der Waals surface area contributed by atoms with Gasteiger partial charge in [-0.3, -0.25) is 4.79 Å². The van der Waals surface area contributed by atoms with E-state index in [4.69, 9.17) is 49.0 Å². The van der Waals surface area contributed by atoms with Crippen molar-refractivity contribution < 1.29 is 35.8 Å². The molecule has 5 aliphatic rings. The number of aromatic nitrogens is 6. The van der Waals surface area contributed by atoms with Crippen molar-refractivity contribution in [3.05, 3.63) is 182 Å². The number of sulfonamides is 2. The van der Waals surface area contributed by atoms with Crippen molar-refractivity contribution in [2.75, 3.05) is 119 Å². The maximum absolute atomic E-state index is 13.3.